The van der Waals surface area contributed by atoms with Crippen molar-refractivity contribution in [2.45, 2.75) is 6.92 Å². The van der Waals surface area contributed by atoms with Gasteiger partial charge in [0.25, 0.3) is 0 Å². The van der Waals surface area contributed by atoms with Crippen LogP contribution in [0.25, 0.3) is 0 Å². The van der Waals surface area contributed by atoms with E-state index in [0.717, 1.165) is 19.1 Å². The number of para-hydroxylation sites is 2. The van der Waals surface area contributed by atoms with E-state index in [4.69, 9.17) is 4.74 Å². The molecule has 0 radical (unpaired) electrons. The second-order valence-electron chi connectivity index (χ2n) is 7.65. The Morgan fingerprint density at radius 1 is 0.743 bits per heavy atom. The van der Waals surface area contributed by atoms with E-state index in [1.54, 1.807) is 24.3 Å². The molecule has 0 aliphatic carbocycles. The molecule has 1 heterocycles. The minimum atomic E-state index is -0.973. The van der Waals surface area contributed by atoms with Gasteiger partial charge in [-0.25, -0.2) is 8.78 Å². The fourth-order valence-electron chi connectivity index (χ4n) is 3.51. The molecule has 0 saturated heterocycles. The molecule has 4 rings (SSSR count). The molecule has 0 aromatic heterocycles. The van der Waals surface area contributed by atoms with E-state index >= 15 is 0 Å². The van der Waals surface area contributed by atoms with Gasteiger partial charge in [0, 0.05) is 29.7 Å². The van der Waals surface area contributed by atoms with Gasteiger partial charge in [-0.15, -0.1) is 0 Å². The molecule has 0 amide bonds. The summed E-state index contributed by atoms with van der Waals surface area (Å²) in [4.78, 5) is 50.3. The first kappa shape index (κ1) is 23.5. The Hall–Kier alpha value is -4.66. The maximum atomic E-state index is 13.8. The molecule has 1 aliphatic rings. The zero-order valence-corrected chi connectivity index (χ0v) is 18.4. The SMILES string of the molecule is CC(=O)OCC(=O)c1cccc(C(=O)C(C(=O)c2cc(F)cc(F)c2)=C2Nc3ccccc3N2)c1. The number of allylic oxidation sites excluding steroid dienone is 1. The number of hydrogen-bond acceptors (Lipinski definition) is 7. The maximum Gasteiger partial charge on any atom is 0.303 e. The first-order valence-corrected chi connectivity index (χ1v) is 10.4. The lowest BCUT2D eigenvalue weighted by atomic mass is 9.94. The van der Waals surface area contributed by atoms with Crippen LogP contribution in [0.5, 0.6) is 0 Å². The number of Topliss-reactive ketones (excluding diaryl/α,β-unsaturated/α-hetero) is 3. The number of halogens is 2. The van der Waals surface area contributed by atoms with Crippen LogP contribution in [0.3, 0.4) is 0 Å². The summed E-state index contributed by atoms with van der Waals surface area (Å²) in [5.74, 6) is -4.81. The van der Waals surface area contributed by atoms with E-state index in [-0.39, 0.29) is 22.5 Å². The molecule has 35 heavy (non-hydrogen) atoms. The third-order valence-electron chi connectivity index (χ3n) is 5.13. The van der Waals surface area contributed by atoms with Crippen molar-refractivity contribution in [2.24, 2.45) is 0 Å². The Balaban J connectivity index is 1.76. The van der Waals surface area contributed by atoms with Gasteiger partial charge in [0.15, 0.2) is 12.4 Å². The van der Waals surface area contributed by atoms with Gasteiger partial charge in [0.05, 0.1) is 11.4 Å². The number of hydrogen-bond donors (Lipinski definition) is 2. The number of rotatable bonds is 7. The predicted molar refractivity (Wildman–Crippen MR) is 123 cm³/mol. The summed E-state index contributed by atoms with van der Waals surface area (Å²) in [5, 5.41) is 5.90. The molecule has 3 aromatic rings. The van der Waals surface area contributed by atoms with Gasteiger partial charge in [0.1, 0.15) is 23.0 Å². The maximum absolute atomic E-state index is 13.8. The van der Waals surface area contributed by atoms with Gasteiger partial charge in [-0.05, 0) is 30.3 Å². The monoisotopic (exact) mass is 476 g/mol. The standard InChI is InChI=1S/C26H18F2N2O5/c1-14(31)35-13-22(32)15-5-4-6-16(9-15)24(33)23(25(34)17-10-18(27)12-19(28)11-17)26-29-20-7-2-3-8-21(20)30-26/h2-12,29-30H,13H2,1H3. The van der Waals surface area contributed by atoms with Crippen molar-refractivity contribution in [1.29, 1.82) is 0 Å². The normalized spacial score (nSPS) is 11.7. The van der Waals surface area contributed by atoms with Crippen molar-refractivity contribution in [3.63, 3.8) is 0 Å². The quantitative estimate of drug-likeness (QED) is 0.170. The van der Waals surface area contributed by atoms with E-state index in [2.05, 4.69) is 10.6 Å². The molecule has 9 heteroatoms. The lowest BCUT2D eigenvalue weighted by Gasteiger charge is -2.12. The van der Waals surface area contributed by atoms with E-state index < -0.39 is 47.1 Å². The van der Waals surface area contributed by atoms with Crippen molar-refractivity contribution in [1.82, 2.24) is 0 Å². The van der Waals surface area contributed by atoms with Gasteiger partial charge in [-0.3, -0.25) is 19.2 Å². The van der Waals surface area contributed by atoms with Gasteiger partial charge in [0.2, 0.25) is 11.6 Å². The molecule has 0 atom stereocenters. The van der Waals surface area contributed by atoms with E-state index in [1.165, 1.54) is 24.3 Å². The zero-order chi connectivity index (χ0) is 25.1. The highest BCUT2D eigenvalue weighted by Gasteiger charge is 2.30. The number of carbonyl (C=O) groups is 4. The van der Waals surface area contributed by atoms with Crippen molar-refractivity contribution in [3.05, 3.63) is 106 Å². The summed E-state index contributed by atoms with van der Waals surface area (Å²) in [6, 6.07) is 14.7. The number of benzene rings is 3. The van der Waals surface area contributed by atoms with Gasteiger partial charge in [-0.2, -0.15) is 0 Å². The number of fused-ring (bicyclic) bond motifs is 1. The van der Waals surface area contributed by atoms with Crippen molar-refractivity contribution in [2.75, 3.05) is 17.2 Å². The number of esters is 1. The highest BCUT2D eigenvalue weighted by molar-refractivity contribution is 6.32. The molecular weight excluding hydrogens is 458 g/mol. The summed E-state index contributed by atoms with van der Waals surface area (Å²) in [7, 11) is 0. The third kappa shape index (κ3) is 5.14. The number of carbonyl (C=O) groups excluding carboxylic acids is 4. The van der Waals surface area contributed by atoms with Gasteiger partial charge >= 0.3 is 5.97 Å². The fourth-order valence-corrected chi connectivity index (χ4v) is 3.51. The van der Waals surface area contributed by atoms with Crippen LogP contribution in [0.4, 0.5) is 20.2 Å². The average molecular weight is 476 g/mol. The van der Waals surface area contributed by atoms with Gasteiger partial charge in [-0.1, -0.05) is 30.3 Å². The summed E-state index contributed by atoms with van der Waals surface area (Å²) >= 11 is 0. The van der Waals surface area contributed by atoms with E-state index in [0.29, 0.717) is 17.4 Å². The van der Waals surface area contributed by atoms with Crippen molar-refractivity contribution in [3.8, 4) is 0 Å². The van der Waals surface area contributed by atoms with Crippen molar-refractivity contribution < 1.29 is 32.7 Å². The molecule has 0 spiro atoms. The molecule has 0 saturated carbocycles. The lowest BCUT2D eigenvalue weighted by Crippen LogP contribution is -2.21. The number of anilines is 2. The number of ether oxygens (including phenoxy) is 1. The smallest absolute Gasteiger partial charge is 0.303 e. The number of ketones is 3. The Labute approximate surface area is 198 Å². The van der Waals surface area contributed by atoms with E-state index in [1.807, 2.05) is 0 Å². The van der Waals surface area contributed by atoms with Crippen LogP contribution in [-0.4, -0.2) is 29.9 Å². The summed E-state index contributed by atoms with van der Waals surface area (Å²) in [6.07, 6.45) is 0. The second-order valence-corrected chi connectivity index (χ2v) is 7.65. The van der Waals surface area contributed by atoms with E-state index in [9.17, 15) is 28.0 Å². The molecule has 176 valence electrons. The highest BCUT2D eigenvalue weighted by Crippen LogP contribution is 2.33. The molecule has 0 bridgehead atoms. The first-order chi connectivity index (χ1) is 16.7. The molecule has 2 N–H and O–H groups in total. The first-order valence-electron chi connectivity index (χ1n) is 10.4. The molecule has 7 nitrogen and oxygen atoms in total. The second kappa shape index (κ2) is 9.68. The van der Waals surface area contributed by atoms with Crippen LogP contribution in [0.15, 0.2) is 78.1 Å². The van der Waals surface area contributed by atoms with Crippen LogP contribution in [0.1, 0.15) is 38.0 Å². The van der Waals surface area contributed by atoms with Crippen LogP contribution in [0.2, 0.25) is 0 Å². The molecule has 0 unspecified atom stereocenters. The summed E-state index contributed by atoms with van der Waals surface area (Å²) < 4.78 is 32.4. The Morgan fingerprint density at radius 2 is 1.31 bits per heavy atom. The van der Waals surface area contributed by atoms with Crippen LogP contribution in [-0.2, 0) is 9.53 Å². The summed E-state index contributed by atoms with van der Waals surface area (Å²) in [5.41, 5.74) is 0.482. The lowest BCUT2D eigenvalue weighted by molar-refractivity contribution is -0.139. The average Bonchev–Trinajstić information content (AvgIpc) is 3.25. The van der Waals surface area contributed by atoms with Crippen LogP contribution < -0.4 is 10.6 Å². The van der Waals surface area contributed by atoms with Crippen LogP contribution in [0, 0.1) is 11.6 Å². The topological polar surface area (TPSA) is 102 Å². The Morgan fingerprint density at radius 3 is 1.91 bits per heavy atom. The molecule has 3 aromatic carbocycles. The molecular formula is C26H18F2N2O5. The molecule has 0 fully saturated rings. The van der Waals surface area contributed by atoms with Crippen LogP contribution >= 0.6 is 0 Å². The number of nitrogens with one attached hydrogen (secondary N) is 2. The van der Waals surface area contributed by atoms with Crippen molar-refractivity contribution >= 4 is 34.7 Å². The van der Waals surface area contributed by atoms with Gasteiger partial charge < -0.3 is 15.4 Å². The predicted octanol–water partition coefficient (Wildman–Crippen LogP) is 4.53. The molecule has 1 aliphatic heterocycles. The largest absolute Gasteiger partial charge is 0.457 e. The fraction of sp³-hybridized carbons (Fsp3) is 0.0769. The Kier molecular flexibility index (Phi) is 6.50. The Bertz CT molecular complexity index is 1370. The zero-order valence-electron chi connectivity index (χ0n) is 18.4. The minimum Gasteiger partial charge on any atom is -0.457 e. The highest BCUT2D eigenvalue weighted by atomic mass is 19.1. The third-order valence-corrected chi connectivity index (χ3v) is 5.13. The minimum absolute atomic E-state index is 0.0223. The summed E-state index contributed by atoms with van der Waals surface area (Å²) in [6.45, 7) is 0.646.